The maximum atomic E-state index is 11.2. The van der Waals surface area contributed by atoms with Crippen LogP contribution in [0.4, 0.5) is 0 Å². The average Bonchev–Trinajstić information content (AvgIpc) is 2.88. The molecule has 1 aromatic heterocycles. The molecule has 1 heterocycles. The van der Waals surface area contributed by atoms with Crippen LogP contribution in [-0.2, 0) is 4.79 Å². The standard InChI is InChI=1S/C17H16N2O2/c1-12-7-8-14-16(9-12)19(11-18-14)15(10-17(20)21)13-5-3-2-4-6-13/h2-9,11,15H,10H2,1H3,(H,20,21). The van der Waals surface area contributed by atoms with Gasteiger partial charge in [-0.2, -0.15) is 0 Å². The highest BCUT2D eigenvalue weighted by molar-refractivity contribution is 5.77. The van der Waals surface area contributed by atoms with Crippen LogP contribution in [0.5, 0.6) is 0 Å². The zero-order valence-electron chi connectivity index (χ0n) is 11.7. The van der Waals surface area contributed by atoms with Crippen LogP contribution < -0.4 is 0 Å². The molecule has 1 N–H and O–H groups in total. The van der Waals surface area contributed by atoms with Crippen LogP contribution in [0.15, 0.2) is 54.9 Å². The molecule has 0 saturated carbocycles. The second-order valence-electron chi connectivity index (χ2n) is 5.17. The number of nitrogens with zero attached hydrogens (tertiary/aromatic N) is 2. The van der Waals surface area contributed by atoms with Crippen molar-refractivity contribution in [1.29, 1.82) is 0 Å². The Hall–Kier alpha value is -2.62. The molecule has 0 radical (unpaired) electrons. The molecule has 3 aromatic rings. The van der Waals surface area contributed by atoms with Gasteiger partial charge in [0.25, 0.3) is 0 Å². The molecule has 0 aliphatic rings. The number of carbonyl (C=O) groups is 1. The molecule has 3 rings (SSSR count). The van der Waals surface area contributed by atoms with E-state index in [1.165, 1.54) is 0 Å². The highest BCUT2D eigenvalue weighted by atomic mass is 16.4. The van der Waals surface area contributed by atoms with E-state index < -0.39 is 5.97 Å². The smallest absolute Gasteiger partial charge is 0.305 e. The van der Waals surface area contributed by atoms with Gasteiger partial charge < -0.3 is 9.67 Å². The lowest BCUT2D eigenvalue weighted by Gasteiger charge is -2.18. The van der Waals surface area contributed by atoms with Gasteiger partial charge in [-0.15, -0.1) is 0 Å². The number of benzene rings is 2. The van der Waals surface area contributed by atoms with Crippen LogP contribution in [0.1, 0.15) is 23.6 Å². The maximum Gasteiger partial charge on any atom is 0.305 e. The molecule has 4 nitrogen and oxygen atoms in total. The number of fused-ring (bicyclic) bond motifs is 1. The molecule has 0 saturated heterocycles. The van der Waals surface area contributed by atoms with E-state index in [0.29, 0.717) is 0 Å². The zero-order valence-corrected chi connectivity index (χ0v) is 11.7. The second kappa shape index (κ2) is 5.40. The Morgan fingerprint density at radius 3 is 2.71 bits per heavy atom. The number of hydrogen-bond donors (Lipinski definition) is 1. The first-order valence-electron chi connectivity index (χ1n) is 6.85. The van der Waals surface area contributed by atoms with Gasteiger partial charge in [-0.25, -0.2) is 4.98 Å². The summed E-state index contributed by atoms with van der Waals surface area (Å²) in [6.07, 6.45) is 1.76. The Labute approximate surface area is 122 Å². The summed E-state index contributed by atoms with van der Waals surface area (Å²) in [4.78, 5) is 15.6. The van der Waals surface area contributed by atoms with E-state index in [0.717, 1.165) is 22.2 Å². The number of carboxylic acids is 1. The molecule has 106 valence electrons. The van der Waals surface area contributed by atoms with Crippen LogP contribution in [0.25, 0.3) is 11.0 Å². The monoisotopic (exact) mass is 280 g/mol. The second-order valence-corrected chi connectivity index (χ2v) is 5.17. The third-order valence-electron chi connectivity index (χ3n) is 3.62. The molecule has 0 bridgehead atoms. The normalized spacial score (nSPS) is 12.4. The van der Waals surface area contributed by atoms with Crippen molar-refractivity contribution in [2.24, 2.45) is 0 Å². The van der Waals surface area contributed by atoms with Crippen LogP contribution in [0.3, 0.4) is 0 Å². The predicted molar refractivity (Wildman–Crippen MR) is 81.3 cm³/mol. The average molecular weight is 280 g/mol. The van der Waals surface area contributed by atoms with E-state index >= 15 is 0 Å². The van der Waals surface area contributed by atoms with Gasteiger partial charge in [0.1, 0.15) is 0 Å². The molecule has 0 spiro atoms. The molecule has 0 aliphatic carbocycles. The van der Waals surface area contributed by atoms with E-state index in [2.05, 4.69) is 4.98 Å². The Kier molecular flexibility index (Phi) is 3.44. The number of aryl methyl sites for hydroxylation is 1. The van der Waals surface area contributed by atoms with Crippen molar-refractivity contribution in [1.82, 2.24) is 9.55 Å². The van der Waals surface area contributed by atoms with E-state index in [4.69, 9.17) is 0 Å². The third-order valence-corrected chi connectivity index (χ3v) is 3.62. The number of hydrogen-bond acceptors (Lipinski definition) is 2. The quantitative estimate of drug-likeness (QED) is 0.796. The van der Waals surface area contributed by atoms with Crippen LogP contribution in [0, 0.1) is 6.92 Å². The summed E-state index contributed by atoms with van der Waals surface area (Å²) in [7, 11) is 0. The highest BCUT2D eigenvalue weighted by Crippen LogP contribution is 2.27. The van der Waals surface area contributed by atoms with E-state index in [9.17, 15) is 9.90 Å². The van der Waals surface area contributed by atoms with Gasteiger partial charge in [-0.05, 0) is 30.2 Å². The van der Waals surface area contributed by atoms with Gasteiger partial charge >= 0.3 is 5.97 Å². The molecule has 0 amide bonds. The molecule has 4 heteroatoms. The zero-order chi connectivity index (χ0) is 14.8. The summed E-state index contributed by atoms with van der Waals surface area (Å²) in [5.41, 5.74) is 3.95. The van der Waals surface area contributed by atoms with Crippen molar-refractivity contribution < 1.29 is 9.90 Å². The maximum absolute atomic E-state index is 11.2. The summed E-state index contributed by atoms with van der Waals surface area (Å²) in [5, 5.41) is 9.24. The van der Waals surface area contributed by atoms with Gasteiger partial charge in [0.2, 0.25) is 0 Å². The van der Waals surface area contributed by atoms with Crippen molar-refractivity contribution in [2.45, 2.75) is 19.4 Å². The van der Waals surface area contributed by atoms with Gasteiger partial charge in [0.05, 0.1) is 29.8 Å². The van der Waals surface area contributed by atoms with E-state index in [1.807, 2.05) is 60.0 Å². The van der Waals surface area contributed by atoms with Crippen molar-refractivity contribution in [2.75, 3.05) is 0 Å². The summed E-state index contributed by atoms with van der Waals surface area (Å²) < 4.78 is 1.95. The Morgan fingerprint density at radius 1 is 1.24 bits per heavy atom. The molecular weight excluding hydrogens is 264 g/mol. The molecule has 2 aromatic carbocycles. The largest absolute Gasteiger partial charge is 0.481 e. The molecule has 0 aliphatic heterocycles. The van der Waals surface area contributed by atoms with Gasteiger partial charge in [0.15, 0.2) is 0 Å². The summed E-state index contributed by atoms with van der Waals surface area (Å²) in [5.74, 6) is -0.821. The van der Waals surface area contributed by atoms with Crippen molar-refractivity contribution in [3.05, 3.63) is 66.0 Å². The fourth-order valence-corrected chi connectivity index (χ4v) is 2.60. The van der Waals surface area contributed by atoms with Crippen molar-refractivity contribution in [3.63, 3.8) is 0 Å². The molecule has 1 unspecified atom stereocenters. The van der Waals surface area contributed by atoms with Crippen molar-refractivity contribution >= 4 is 17.0 Å². The topological polar surface area (TPSA) is 55.1 Å². The first-order chi connectivity index (χ1) is 10.1. The Balaban J connectivity index is 2.14. The first kappa shape index (κ1) is 13.4. The van der Waals surface area contributed by atoms with Crippen molar-refractivity contribution in [3.8, 4) is 0 Å². The summed E-state index contributed by atoms with van der Waals surface area (Å²) >= 11 is 0. The predicted octanol–water partition coefficient (Wildman–Crippen LogP) is 3.41. The lowest BCUT2D eigenvalue weighted by atomic mass is 10.0. The number of aliphatic carboxylic acids is 1. The number of rotatable bonds is 4. The molecule has 1 atom stereocenters. The number of aromatic nitrogens is 2. The minimum absolute atomic E-state index is 0.0312. The van der Waals surface area contributed by atoms with Gasteiger partial charge in [-0.1, -0.05) is 36.4 Å². The SMILES string of the molecule is Cc1ccc2ncn(C(CC(=O)O)c3ccccc3)c2c1. The minimum Gasteiger partial charge on any atom is -0.481 e. The fourth-order valence-electron chi connectivity index (χ4n) is 2.60. The molecule has 21 heavy (non-hydrogen) atoms. The van der Waals surface area contributed by atoms with Crippen LogP contribution in [0.2, 0.25) is 0 Å². The highest BCUT2D eigenvalue weighted by Gasteiger charge is 2.19. The van der Waals surface area contributed by atoms with E-state index in [1.54, 1.807) is 6.33 Å². The lowest BCUT2D eigenvalue weighted by molar-refractivity contribution is -0.137. The van der Waals surface area contributed by atoms with Gasteiger partial charge in [0, 0.05) is 0 Å². The minimum atomic E-state index is -0.821. The van der Waals surface area contributed by atoms with Gasteiger partial charge in [-0.3, -0.25) is 4.79 Å². The fraction of sp³-hybridized carbons (Fsp3) is 0.176. The first-order valence-corrected chi connectivity index (χ1v) is 6.85. The summed E-state index contributed by atoms with van der Waals surface area (Å²) in [6.45, 7) is 2.02. The third kappa shape index (κ3) is 2.65. The van der Waals surface area contributed by atoms with Crippen LogP contribution >= 0.6 is 0 Å². The Morgan fingerprint density at radius 2 is 2.00 bits per heavy atom. The summed E-state index contributed by atoms with van der Waals surface area (Å²) in [6, 6.07) is 15.4. The Bertz CT molecular complexity index is 778. The lowest BCUT2D eigenvalue weighted by Crippen LogP contribution is -2.14. The molecular formula is C17H16N2O2. The van der Waals surface area contributed by atoms with Crippen LogP contribution in [-0.4, -0.2) is 20.6 Å². The molecule has 0 fully saturated rings. The van der Waals surface area contributed by atoms with E-state index in [-0.39, 0.29) is 12.5 Å². The number of imidazole rings is 1. The number of carboxylic acid groups (broad SMARTS) is 1.